The van der Waals surface area contributed by atoms with Gasteiger partial charge in [0.25, 0.3) is 0 Å². The van der Waals surface area contributed by atoms with Crippen LogP contribution in [0.15, 0.2) is 36.4 Å². The van der Waals surface area contributed by atoms with Crippen LogP contribution in [0, 0.1) is 5.82 Å². The number of carbonyl (C=O) groups is 3. The third-order valence-corrected chi connectivity index (χ3v) is 7.02. The third kappa shape index (κ3) is 11.1. The summed E-state index contributed by atoms with van der Waals surface area (Å²) in [4.78, 5) is 40.4. The summed E-state index contributed by atoms with van der Waals surface area (Å²) < 4.78 is 53.8. The van der Waals surface area contributed by atoms with E-state index in [1.165, 1.54) is 36.9 Å². The van der Waals surface area contributed by atoms with Crippen molar-refractivity contribution in [2.24, 2.45) is 17.2 Å². The smallest absolute Gasteiger partial charge is 0.416 e. The van der Waals surface area contributed by atoms with Crippen LogP contribution in [-0.4, -0.2) is 78.5 Å². The fraction of sp³-hybridized carbons (Fsp3) is 0.483. The zero-order chi connectivity index (χ0) is 33.9. The van der Waals surface area contributed by atoms with Crippen LogP contribution in [0.1, 0.15) is 49.8 Å². The van der Waals surface area contributed by atoms with Crippen molar-refractivity contribution < 1.29 is 42.1 Å². The number of amides is 3. The Bertz CT molecular complexity index is 1300. The van der Waals surface area contributed by atoms with Crippen molar-refractivity contribution in [2.75, 3.05) is 31.5 Å². The van der Waals surface area contributed by atoms with E-state index in [0.29, 0.717) is 13.0 Å². The molecule has 0 spiro atoms. The average Bonchev–Trinajstić information content (AvgIpc) is 2.97. The van der Waals surface area contributed by atoms with Gasteiger partial charge in [-0.25, -0.2) is 4.39 Å². The van der Waals surface area contributed by atoms with Crippen LogP contribution in [0.25, 0.3) is 0 Å². The predicted molar refractivity (Wildman–Crippen MR) is 161 cm³/mol. The first-order valence-electron chi connectivity index (χ1n) is 14.3. The highest BCUT2D eigenvalue weighted by Gasteiger charge is 2.31. The first-order valence-corrected chi connectivity index (χ1v) is 14.3. The van der Waals surface area contributed by atoms with Crippen molar-refractivity contribution in [3.63, 3.8) is 0 Å². The molecule has 11 nitrogen and oxygen atoms in total. The summed E-state index contributed by atoms with van der Waals surface area (Å²) in [5.41, 5.74) is 14.5. The summed E-state index contributed by atoms with van der Waals surface area (Å²) in [7, 11) is 0.521. The first-order chi connectivity index (χ1) is 21.0. The Balaban J connectivity index is 2.28. The Hall–Kier alpha value is -3.57. The topological polar surface area (TPSA) is 197 Å². The molecule has 0 fully saturated rings. The Morgan fingerprint density at radius 2 is 1.58 bits per heavy atom. The van der Waals surface area contributed by atoms with Gasteiger partial charge in [-0.1, -0.05) is 18.2 Å². The molecular formula is C29H40BF4N6O5. The van der Waals surface area contributed by atoms with Crippen LogP contribution >= 0.6 is 0 Å². The number of rotatable bonds is 16. The molecule has 2 rings (SSSR count). The van der Waals surface area contributed by atoms with Gasteiger partial charge in [-0.05, 0) is 67.9 Å². The lowest BCUT2D eigenvalue weighted by Gasteiger charge is -2.25. The summed E-state index contributed by atoms with van der Waals surface area (Å²) in [5.74, 6) is -3.00. The molecule has 0 aromatic heterocycles. The minimum atomic E-state index is -4.54. The number of carbonyl (C=O) groups excluding carboxylic acids is 3. The van der Waals surface area contributed by atoms with E-state index >= 15 is 0 Å². The highest BCUT2D eigenvalue weighted by Crippen LogP contribution is 2.29. The van der Waals surface area contributed by atoms with Crippen LogP contribution in [0.2, 0.25) is 0 Å². The second-order valence-electron chi connectivity index (χ2n) is 11.0. The van der Waals surface area contributed by atoms with Gasteiger partial charge in [-0.15, -0.1) is 0 Å². The van der Waals surface area contributed by atoms with E-state index in [0.717, 1.165) is 18.2 Å². The Morgan fingerprint density at radius 1 is 0.978 bits per heavy atom. The van der Waals surface area contributed by atoms with E-state index in [-0.39, 0.29) is 68.8 Å². The molecule has 2 atom stereocenters. The first kappa shape index (κ1) is 37.6. The lowest BCUT2D eigenvalue weighted by molar-refractivity contribution is -0.137. The van der Waals surface area contributed by atoms with Gasteiger partial charge in [0, 0.05) is 32.6 Å². The quantitative estimate of drug-likeness (QED) is 0.100. The van der Waals surface area contributed by atoms with Gasteiger partial charge in [0.1, 0.15) is 11.9 Å². The lowest BCUT2D eigenvalue weighted by Crippen LogP contribution is -2.51. The van der Waals surface area contributed by atoms with Gasteiger partial charge >= 0.3 is 13.7 Å². The summed E-state index contributed by atoms with van der Waals surface area (Å²) in [6.45, 7) is 3.74. The fourth-order valence-corrected chi connectivity index (χ4v) is 4.56. The molecule has 1 radical (unpaired) electrons. The van der Waals surface area contributed by atoms with Crippen molar-refractivity contribution in [3.05, 3.63) is 58.9 Å². The van der Waals surface area contributed by atoms with E-state index in [1.807, 2.05) is 0 Å². The zero-order valence-corrected chi connectivity index (χ0v) is 25.2. The number of hydrogen-bond donors (Lipinski definition) is 7. The number of nitrogens with zero attached hydrogens (tertiary/aromatic N) is 1. The minimum absolute atomic E-state index is 0.0303. The van der Waals surface area contributed by atoms with Crippen LogP contribution in [0.5, 0.6) is 0 Å². The molecule has 2 aromatic carbocycles. The van der Waals surface area contributed by atoms with Crippen LogP contribution in [-0.2, 0) is 32.6 Å². The van der Waals surface area contributed by atoms with E-state index in [4.69, 9.17) is 17.2 Å². The molecule has 3 amide bonds. The molecule has 16 heteroatoms. The SMILES string of the molecule is CC(C)(O)c1ccc(F)c(NC(=O)[C@@H](CCc2ccc(C(F)(F)F)cc2)NC(=O)[C@@H](N)CCC(=O)N(CCN)CCN)c1[B]O. The molecule has 0 heterocycles. The van der Waals surface area contributed by atoms with Crippen molar-refractivity contribution in [1.29, 1.82) is 0 Å². The maximum atomic E-state index is 14.9. The summed E-state index contributed by atoms with van der Waals surface area (Å²) >= 11 is 0. The van der Waals surface area contributed by atoms with Crippen molar-refractivity contribution in [3.8, 4) is 0 Å². The maximum absolute atomic E-state index is 14.9. The summed E-state index contributed by atoms with van der Waals surface area (Å²) in [6.07, 6.45) is -4.85. The summed E-state index contributed by atoms with van der Waals surface area (Å²) in [6, 6.07) is 3.85. The van der Waals surface area contributed by atoms with Gasteiger partial charge in [0.15, 0.2) is 0 Å². The molecule has 0 aliphatic carbocycles. The predicted octanol–water partition coefficient (Wildman–Crippen LogP) is 0.218. The number of hydrogen-bond acceptors (Lipinski definition) is 8. The second kappa shape index (κ2) is 16.7. The van der Waals surface area contributed by atoms with Crippen LogP contribution in [0.3, 0.4) is 0 Å². The minimum Gasteiger partial charge on any atom is -0.450 e. The molecule has 0 aliphatic heterocycles. The van der Waals surface area contributed by atoms with Gasteiger partial charge < -0.3 is 42.9 Å². The summed E-state index contributed by atoms with van der Waals surface area (Å²) in [5, 5.41) is 25.1. The number of aliphatic hydroxyl groups is 1. The number of nitrogens with one attached hydrogen (secondary N) is 2. The monoisotopic (exact) mass is 639 g/mol. The number of alkyl halides is 3. The van der Waals surface area contributed by atoms with E-state index < -0.39 is 52.7 Å². The van der Waals surface area contributed by atoms with Gasteiger partial charge in [-0.3, -0.25) is 14.4 Å². The van der Waals surface area contributed by atoms with Gasteiger partial charge in [0.05, 0.1) is 22.9 Å². The second-order valence-corrected chi connectivity index (χ2v) is 11.0. The largest absolute Gasteiger partial charge is 0.450 e. The Morgan fingerprint density at radius 3 is 2.09 bits per heavy atom. The molecule has 0 saturated carbocycles. The highest BCUT2D eigenvalue weighted by molar-refractivity contribution is 6.49. The molecular weight excluding hydrogens is 599 g/mol. The molecule has 0 aliphatic rings. The highest BCUT2D eigenvalue weighted by atomic mass is 19.4. The molecule has 0 unspecified atom stereocenters. The maximum Gasteiger partial charge on any atom is 0.416 e. The number of benzene rings is 2. The molecule has 45 heavy (non-hydrogen) atoms. The van der Waals surface area contributed by atoms with E-state index in [2.05, 4.69) is 10.6 Å². The molecule has 2 aromatic rings. The van der Waals surface area contributed by atoms with Crippen molar-refractivity contribution in [2.45, 2.75) is 63.4 Å². The lowest BCUT2D eigenvalue weighted by atomic mass is 9.77. The molecule has 0 saturated heterocycles. The third-order valence-electron chi connectivity index (χ3n) is 7.02. The fourth-order valence-electron chi connectivity index (χ4n) is 4.56. The normalized spacial score (nSPS) is 13.1. The van der Waals surface area contributed by atoms with Crippen LogP contribution < -0.4 is 33.3 Å². The molecule has 10 N–H and O–H groups in total. The number of halogens is 4. The van der Waals surface area contributed by atoms with Gasteiger partial charge in [-0.2, -0.15) is 13.2 Å². The Labute approximate surface area is 259 Å². The van der Waals surface area contributed by atoms with E-state index in [1.54, 1.807) is 0 Å². The number of anilines is 1. The molecule has 247 valence electrons. The number of nitrogens with two attached hydrogens (primary N) is 3. The van der Waals surface area contributed by atoms with Crippen LogP contribution in [0.4, 0.5) is 23.2 Å². The van der Waals surface area contributed by atoms with Crippen molar-refractivity contribution >= 4 is 36.4 Å². The zero-order valence-electron chi connectivity index (χ0n) is 25.2. The molecule has 0 bridgehead atoms. The van der Waals surface area contributed by atoms with Crippen molar-refractivity contribution in [1.82, 2.24) is 10.2 Å². The average molecular weight is 639 g/mol. The van der Waals surface area contributed by atoms with E-state index in [9.17, 15) is 42.1 Å². The Kier molecular flexibility index (Phi) is 13.9. The standard InChI is InChI=1S/C29H40BF4N6O5/c1-28(2,44)19-8-9-20(31)25(24(19)30-45)39-27(43)22(11-5-17-3-6-18(7-4-17)29(32,33)34)38-26(42)21(37)10-12-23(41)40(15-13-35)16-14-36/h3-4,6-9,21-22,44-45H,5,10-16,35-37H2,1-2H3,(H,38,42)(H,39,43)/t21-,22+/m0/s1. The van der Waals surface area contributed by atoms with Gasteiger partial charge in [0.2, 0.25) is 17.7 Å². The number of aryl methyl sites for hydroxylation is 1.